The Hall–Kier alpha value is -2.32. The third kappa shape index (κ3) is 4.84. The highest BCUT2D eigenvalue weighted by Crippen LogP contribution is 2.17. The number of aliphatic hydroxyl groups excluding tert-OH is 1. The second kappa shape index (κ2) is 8.51. The smallest absolute Gasteiger partial charge is 0.287 e. The van der Waals surface area contributed by atoms with Gasteiger partial charge in [0, 0.05) is 35.4 Å². The van der Waals surface area contributed by atoms with Gasteiger partial charge in [0.05, 0.1) is 17.6 Å². The summed E-state index contributed by atoms with van der Waals surface area (Å²) in [5.41, 5.74) is 0.879. The molecule has 2 atom stereocenters. The highest BCUT2D eigenvalue weighted by atomic mass is 32.2. The van der Waals surface area contributed by atoms with Crippen LogP contribution in [0.5, 0.6) is 0 Å². The molecule has 0 aliphatic rings. The zero-order valence-electron chi connectivity index (χ0n) is 13.2. The molecule has 0 aliphatic carbocycles. The minimum absolute atomic E-state index is 0.0969. The molecular formula is C16H19N3O4S. The monoisotopic (exact) mass is 349 g/mol. The molecular weight excluding hydrogens is 330 g/mol. The quantitative estimate of drug-likeness (QED) is 0.576. The number of anilines is 1. The summed E-state index contributed by atoms with van der Waals surface area (Å²) in [6.07, 6.45) is 1.17. The molecule has 128 valence electrons. The van der Waals surface area contributed by atoms with Crippen molar-refractivity contribution in [3.63, 3.8) is 0 Å². The van der Waals surface area contributed by atoms with Gasteiger partial charge in [0.1, 0.15) is 12.0 Å². The summed E-state index contributed by atoms with van der Waals surface area (Å²) >= 11 is 0. The third-order valence-corrected chi connectivity index (χ3v) is 5.02. The maximum absolute atomic E-state index is 12.3. The van der Waals surface area contributed by atoms with Gasteiger partial charge in [-0.15, -0.1) is 0 Å². The average molecular weight is 349 g/mol. The first-order chi connectivity index (χ1) is 11.5. The second-order valence-electron chi connectivity index (χ2n) is 5.32. The van der Waals surface area contributed by atoms with Crippen LogP contribution in [0.4, 0.5) is 11.5 Å². The number of nitrogens with zero attached hydrogens (tertiary/aromatic N) is 3. The number of nitro groups is 1. The Balaban J connectivity index is 2.01. The lowest BCUT2D eigenvalue weighted by Crippen LogP contribution is -2.39. The summed E-state index contributed by atoms with van der Waals surface area (Å²) in [6.45, 7) is -0.185. The van der Waals surface area contributed by atoms with Crippen molar-refractivity contribution in [3.8, 4) is 0 Å². The van der Waals surface area contributed by atoms with Crippen molar-refractivity contribution in [1.29, 1.82) is 0 Å². The summed E-state index contributed by atoms with van der Waals surface area (Å²) < 4.78 is 12.3. The van der Waals surface area contributed by atoms with E-state index in [-0.39, 0.29) is 24.1 Å². The van der Waals surface area contributed by atoms with Crippen LogP contribution < -0.4 is 4.90 Å². The van der Waals surface area contributed by atoms with Crippen LogP contribution in [0.2, 0.25) is 0 Å². The largest absolute Gasteiger partial charge is 0.394 e. The standard InChI is InChI=1S/C16H19N3O4S/c1-18(16-8-7-14(9-17-16)19(21)22)15(10-20)12-24(23)11-13-5-3-2-4-6-13/h2-9,15,20H,10-12H2,1H3/t15-,24?/m1/s1. The predicted octanol–water partition coefficient (Wildman–Crippen LogP) is 1.74. The van der Waals surface area contributed by atoms with E-state index in [0.717, 1.165) is 5.56 Å². The summed E-state index contributed by atoms with van der Waals surface area (Å²) in [5.74, 6) is 1.18. The van der Waals surface area contributed by atoms with Gasteiger partial charge in [0.25, 0.3) is 5.69 Å². The van der Waals surface area contributed by atoms with Crippen LogP contribution in [0.3, 0.4) is 0 Å². The Labute approximate surface area is 142 Å². The van der Waals surface area contributed by atoms with Gasteiger partial charge >= 0.3 is 0 Å². The van der Waals surface area contributed by atoms with E-state index < -0.39 is 15.7 Å². The number of likely N-dealkylation sites (N-methyl/N-ethyl adjacent to an activating group) is 1. The minimum atomic E-state index is -1.14. The fraction of sp³-hybridized carbons (Fsp3) is 0.312. The van der Waals surface area contributed by atoms with Crippen molar-refractivity contribution in [2.24, 2.45) is 0 Å². The van der Waals surface area contributed by atoms with Crippen molar-refractivity contribution < 1.29 is 14.2 Å². The molecule has 2 rings (SSSR count). The molecule has 1 heterocycles. The fourth-order valence-electron chi connectivity index (χ4n) is 2.20. The van der Waals surface area contributed by atoms with Crippen LogP contribution in [0, 0.1) is 10.1 Å². The molecule has 1 N–H and O–H groups in total. The summed E-state index contributed by atoms with van der Waals surface area (Å²) in [6, 6.07) is 12.0. The molecule has 0 radical (unpaired) electrons. The number of hydrogen-bond donors (Lipinski definition) is 1. The Morgan fingerprint density at radius 1 is 1.29 bits per heavy atom. The van der Waals surface area contributed by atoms with E-state index in [1.54, 1.807) is 11.9 Å². The minimum Gasteiger partial charge on any atom is -0.394 e. The normalized spacial score (nSPS) is 13.2. The van der Waals surface area contributed by atoms with Crippen LogP contribution in [0.1, 0.15) is 5.56 Å². The van der Waals surface area contributed by atoms with Crippen molar-refractivity contribution >= 4 is 22.3 Å². The zero-order valence-corrected chi connectivity index (χ0v) is 14.1. The van der Waals surface area contributed by atoms with Gasteiger partial charge in [-0.25, -0.2) is 4.98 Å². The Morgan fingerprint density at radius 2 is 2.00 bits per heavy atom. The number of aromatic nitrogens is 1. The highest BCUT2D eigenvalue weighted by molar-refractivity contribution is 7.84. The molecule has 0 saturated carbocycles. The van der Waals surface area contributed by atoms with E-state index >= 15 is 0 Å². The van der Waals surface area contributed by atoms with Gasteiger partial charge in [-0.2, -0.15) is 0 Å². The van der Waals surface area contributed by atoms with Gasteiger partial charge < -0.3 is 10.0 Å². The lowest BCUT2D eigenvalue weighted by atomic mass is 10.2. The van der Waals surface area contributed by atoms with Crippen LogP contribution in [0.15, 0.2) is 48.7 Å². The number of rotatable bonds is 8. The maximum atomic E-state index is 12.3. The predicted molar refractivity (Wildman–Crippen MR) is 93.3 cm³/mol. The number of hydrogen-bond acceptors (Lipinski definition) is 6. The van der Waals surface area contributed by atoms with Crippen molar-refractivity contribution in [2.75, 3.05) is 24.3 Å². The fourth-order valence-corrected chi connectivity index (χ4v) is 3.64. The molecule has 7 nitrogen and oxygen atoms in total. The van der Waals surface area contributed by atoms with Crippen LogP contribution in [0.25, 0.3) is 0 Å². The molecule has 0 aliphatic heterocycles. The molecule has 1 aromatic carbocycles. The van der Waals surface area contributed by atoms with Crippen molar-refractivity contribution in [3.05, 3.63) is 64.3 Å². The van der Waals surface area contributed by atoms with E-state index in [1.165, 1.54) is 18.3 Å². The molecule has 1 aromatic heterocycles. The molecule has 1 unspecified atom stereocenters. The van der Waals surface area contributed by atoms with Crippen LogP contribution in [-0.4, -0.2) is 44.7 Å². The summed E-state index contributed by atoms with van der Waals surface area (Å²) in [5, 5.41) is 20.3. The van der Waals surface area contributed by atoms with Crippen LogP contribution in [-0.2, 0) is 16.6 Å². The van der Waals surface area contributed by atoms with E-state index in [9.17, 15) is 19.4 Å². The molecule has 0 fully saturated rings. The van der Waals surface area contributed by atoms with E-state index in [4.69, 9.17) is 0 Å². The molecule has 24 heavy (non-hydrogen) atoms. The molecule has 0 bridgehead atoms. The molecule has 8 heteroatoms. The SMILES string of the molecule is CN(c1ccc([N+](=O)[O-])cn1)[C@H](CO)CS(=O)Cc1ccccc1. The topological polar surface area (TPSA) is 96.6 Å². The number of benzene rings is 1. The zero-order chi connectivity index (χ0) is 17.5. The van der Waals surface area contributed by atoms with Crippen LogP contribution >= 0.6 is 0 Å². The van der Waals surface area contributed by atoms with Crippen molar-refractivity contribution in [2.45, 2.75) is 11.8 Å². The number of pyridine rings is 1. The lowest BCUT2D eigenvalue weighted by Gasteiger charge is -2.27. The van der Waals surface area contributed by atoms with E-state index in [2.05, 4.69) is 4.98 Å². The van der Waals surface area contributed by atoms with Crippen molar-refractivity contribution in [1.82, 2.24) is 4.98 Å². The van der Waals surface area contributed by atoms with Gasteiger partial charge in [0.2, 0.25) is 0 Å². The van der Waals surface area contributed by atoms with Gasteiger partial charge in [-0.05, 0) is 11.6 Å². The second-order valence-corrected chi connectivity index (χ2v) is 6.82. The van der Waals surface area contributed by atoms with Gasteiger partial charge in [0.15, 0.2) is 0 Å². The average Bonchev–Trinajstić information content (AvgIpc) is 2.60. The first-order valence-electron chi connectivity index (χ1n) is 7.34. The molecule has 0 spiro atoms. The lowest BCUT2D eigenvalue weighted by molar-refractivity contribution is -0.385. The Kier molecular flexibility index (Phi) is 6.39. The van der Waals surface area contributed by atoms with E-state index in [1.807, 2.05) is 30.3 Å². The first kappa shape index (κ1) is 18.0. The highest BCUT2D eigenvalue weighted by Gasteiger charge is 2.19. The molecule has 0 saturated heterocycles. The summed E-state index contributed by atoms with van der Waals surface area (Å²) in [7, 11) is 0.572. The molecule has 2 aromatic rings. The summed E-state index contributed by atoms with van der Waals surface area (Å²) in [4.78, 5) is 15.9. The maximum Gasteiger partial charge on any atom is 0.287 e. The van der Waals surface area contributed by atoms with Gasteiger partial charge in [-0.1, -0.05) is 30.3 Å². The van der Waals surface area contributed by atoms with E-state index in [0.29, 0.717) is 11.6 Å². The Morgan fingerprint density at radius 3 is 2.54 bits per heavy atom. The Bertz CT molecular complexity index is 694. The molecule has 0 amide bonds. The first-order valence-corrected chi connectivity index (χ1v) is 8.83. The number of aliphatic hydroxyl groups is 1. The van der Waals surface area contributed by atoms with Gasteiger partial charge in [-0.3, -0.25) is 14.3 Å². The third-order valence-electron chi connectivity index (χ3n) is 3.61.